The molecule has 0 aliphatic carbocycles. The predicted octanol–water partition coefficient (Wildman–Crippen LogP) is 3.05. The molecule has 3 unspecified atom stereocenters. The van der Waals surface area contributed by atoms with Gasteiger partial charge in [-0.05, 0) is 46.6 Å². The number of aliphatic hydroxyl groups excluding tert-OH is 1. The molecule has 2 heteroatoms. The lowest BCUT2D eigenvalue weighted by Crippen LogP contribution is -2.37. The lowest BCUT2D eigenvalue weighted by molar-refractivity contribution is 0.126. The monoisotopic (exact) mass is 215 g/mol. The van der Waals surface area contributed by atoms with Gasteiger partial charge in [0.05, 0.1) is 6.10 Å². The SMILES string of the molecule is CCCC(C)N(C)C(C)CCC(O)CC. The summed E-state index contributed by atoms with van der Waals surface area (Å²) in [4.78, 5) is 2.44. The van der Waals surface area contributed by atoms with Crippen molar-refractivity contribution in [3.8, 4) is 0 Å². The Morgan fingerprint density at radius 1 is 1.00 bits per heavy atom. The van der Waals surface area contributed by atoms with E-state index in [1.165, 1.54) is 12.8 Å². The maximum Gasteiger partial charge on any atom is 0.0538 e. The summed E-state index contributed by atoms with van der Waals surface area (Å²) in [6, 6.07) is 1.23. The summed E-state index contributed by atoms with van der Waals surface area (Å²) < 4.78 is 0. The van der Waals surface area contributed by atoms with Crippen LogP contribution in [0.1, 0.15) is 59.8 Å². The lowest BCUT2D eigenvalue weighted by atomic mass is 10.0. The molecule has 0 spiro atoms. The molecule has 0 rings (SSSR count). The van der Waals surface area contributed by atoms with Gasteiger partial charge in [-0.3, -0.25) is 0 Å². The molecule has 0 aromatic heterocycles. The van der Waals surface area contributed by atoms with E-state index >= 15 is 0 Å². The molecular formula is C13H29NO. The fourth-order valence-corrected chi connectivity index (χ4v) is 1.90. The van der Waals surface area contributed by atoms with Crippen molar-refractivity contribution in [2.75, 3.05) is 7.05 Å². The number of nitrogens with zero attached hydrogens (tertiary/aromatic N) is 1. The average molecular weight is 215 g/mol. The van der Waals surface area contributed by atoms with Gasteiger partial charge in [0.25, 0.3) is 0 Å². The average Bonchev–Trinajstić information content (AvgIpc) is 2.24. The zero-order valence-corrected chi connectivity index (χ0v) is 11.2. The van der Waals surface area contributed by atoms with Crippen LogP contribution in [0.25, 0.3) is 0 Å². The summed E-state index contributed by atoms with van der Waals surface area (Å²) in [7, 11) is 2.20. The Hall–Kier alpha value is -0.0800. The van der Waals surface area contributed by atoms with Crippen molar-refractivity contribution in [2.45, 2.75) is 78.0 Å². The number of hydrogen-bond donors (Lipinski definition) is 1. The maximum absolute atomic E-state index is 9.51. The minimum atomic E-state index is -0.109. The summed E-state index contributed by atoms with van der Waals surface area (Å²) in [6.45, 7) is 8.82. The van der Waals surface area contributed by atoms with Crippen LogP contribution in [0.5, 0.6) is 0 Å². The van der Waals surface area contributed by atoms with Crippen LogP contribution in [0.15, 0.2) is 0 Å². The van der Waals surface area contributed by atoms with Crippen molar-refractivity contribution in [3.05, 3.63) is 0 Å². The van der Waals surface area contributed by atoms with Crippen LogP contribution in [-0.2, 0) is 0 Å². The molecule has 1 N–H and O–H groups in total. The largest absolute Gasteiger partial charge is 0.393 e. The molecular weight excluding hydrogens is 186 g/mol. The second kappa shape index (κ2) is 8.12. The van der Waals surface area contributed by atoms with Gasteiger partial charge in [-0.1, -0.05) is 20.3 Å². The molecule has 3 atom stereocenters. The van der Waals surface area contributed by atoms with Gasteiger partial charge in [-0.15, -0.1) is 0 Å². The predicted molar refractivity (Wildman–Crippen MR) is 67.1 cm³/mol. The Bertz CT molecular complexity index is 149. The summed E-state index contributed by atoms with van der Waals surface area (Å²) in [6.07, 6.45) is 5.30. The number of aliphatic hydroxyl groups is 1. The molecule has 0 heterocycles. The van der Waals surface area contributed by atoms with Gasteiger partial charge in [0.15, 0.2) is 0 Å². The van der Waals surface area contributed by atoms with Gasteiger partial charge < -0.3 is 10.0 Å². The molecule has 2 nitrogen and oxygen atoms in total. The van der Waals surface area contributed by atoms with Crippen LogP contribution in [0.2, 0.25) is 0 Å². The minimum absolute atomic E-state index is 0.109. The Balaban J connectivity index is 3.82. The summed E-state index contributed by atoms with van der Waals surface area (Å²) >= 11 is 0. The van der Waals surface area contributed by atoms with E-state index in [1.807, 2.05) is 6.92 Å². The van der Waals surface area contributed by atoms with E-state index in [-0.39, 0.29) is 6.10 Å². The number of hydrogen-bond acceptors (Lipinski definition) is 2. The first-order valence-electron chi connectivity index (χ1n) is 6.42. The molecule has 0 aromatic carbocycles. The van der Waals surface area contributed by atoms with Crippen LogP contribution < -0.4 is 0 Å². The van der Waals surface area contributed by atoms with Gasteiger partial charge in [0.1, 0.15) is 0 Å². The second-order valence-electron chi connectivity index (χ2n) is 4.79. The lowest BCUT2D eigenvalue weighted by Gasteiger charge is -2.31. The van der Waals surface area contributed by atoms with Crippen LogP contribution in [-0.4, -0.2) is 35.2 Å². The standard InChI is InChI=1S/C13H29NO/c1-6-8-11(3)14(5)12(4)9-10-13(15)7-2/h11-13,15H,6-10H2,1-5H3. The quantitative estimate of drug-likeness (QED) is 0.672. The minimum Gasteiger partial charge on any atom is -0.393 e. The molecule has 0 radical (unpaired) electrons. The molecule has 15 heavy (non-hydrogen) atoms. The number of rotatable bonds is 8. The Kier molecular flexibility index (Phi) is 8.07. The van der Waals surface area contributed by atoms with Gasteiger partial charge >= 0.3 is 0 Å². The molecule has 92 valence electrons. The zero-order valence-electron chi connectivity index (χ0n) is 11.2. The van der Waals surface area contributed by atoms with Gasteiger partial charge in [0, 0.05) is 12.1 Å². The molecule has 0 bridgehead atoms. The fourth-order valence-electron chi connectivity index (χ4n) is 1.90. The first-order valence-corrected chi connectivity index (χ1v) is 6.42. The van der Waals surface area contributed by atoms with E-state index in [9.17, 15) is 5.11 Å². The maximum atomic E-state index is 9.51. The fraction of sp³-hybridized carbons (Fsp3) is 1.00. The van der Waals surface area contributed by atoms with Gasteiger partial charge in [0.2, 0.25) is 0 Å². The van der Waals surface area contributed by atoms with E-state index in [0.717, 1.165) is 19.3 Å². The van der Waals surface area contributed by atoms with E-state index in [0.29, 0.717) is 12.1 Å². The van der Waals surface area contributed by atoms with Crippen molar-refractivity contribution >= 4 is 0 Å². The highest BCUT2D eigenvalue weighted by atomic mass is 16.3. The Morgan fingerprint density at radius 2 is 1.53 bits per heavy atom. The third-order valence-electron chi connectivity index (χ3n) is 3.49. The van der Waals surface area contributed by atoms with E-state index < -0.39 is 0 Å². The van der Waals surface area contributed by atoms with Crippen LogP contribution in [0, 0.1) is 0 Å². The first kappa shape index (κ1) is 14.9. The molecule has 0 saturated heterocycles. The van der Waals surface area contributed by atoms with Crippen molar-refractivity contribution in [3.63, 3.8) is 0 Å². The molecule has 0 saturated carbocycles. The molecule has 0 fully saturated rings. The van der Waals surface area contributed by atoms with Crippen molar-refractivity contribution < 1.29 is 5.11 Å². The topological polar surface area (TPSA) is 23.5 Å². The van der Waals surface area contributed by atoms with Crippen molar-refractivity contribution in [2.24, 2.45) is 0 Å². The third kappa shape index (κ3) is 6.16. The van der Waals surface area contributed by atoms with Gasteiger partial charge in [-0.25, -0.2) is 0 Å². The summed E-state index contributed by atoms with van der Waals surface area (Å²) in [5.41, 5.74) is 0. The van der Waals surface area contributed by atoms with E-state index in [2.05, 4.69) is 32.7 Å². The van der Waals surface area contributed by atoms with Crippen molar-refractivity contribution in [1.29, 1.82) is 0 Å². The highest BCUT2D eigenvalue weighted by Gasteiger charge is 2.15. The molecule has 0 aliphatic heterocycles. The smallest absolute Gasteiger partial charge is 0.0538 e. The Morgan fingerprint density at radius 3 is 2.00 bits per heavy atom. The Labute approximate surface area is 95.7 Å². The molecule has 0 aromatic rings. The van der Waals surface area contributed by atoms with Crippen molar-refractivity contribution in [1.82, 2.24) is 4.90 Å². The normalized spacial score (nSPS) is 17.8. The summed E-state index contributed by atoms with van der Waals surface area (Å²) in [5, 5.41) is 9.51. The van der Waals surface area contributed by atoms with E-state index in [4.69, 9.17) is 0 Å². The zero-order chi connectivity index (χ0) is 11.8. The van der Waals surface area contributed by atoms with E-state index in [1.54, 1.807) is 0 Å². The second-order valence-corrected chi connectivity index (χ2v) is 4.79. The molecule has 0 aliphatic rings. The summed E-state index contributed by atoms with van der Waals surface area (Å²) in [5.74, 6) is 0. The highest BCUT2D eigenvalue weighted by Crippen LogP contribution is 2.13. The van der Waals surface area contributed by atoms with Crippen LogP contribution >= 0.6 is 0 Å². The first-order chi connectivity index (χ1) is 7.02. The third-order valence-corrected chi connectivity index (χ3v) is 3.49. The van der Waals surface area contributed by atoms with Gasteiger partial charge in [-0.2, -0.15) is 0 Å². The van der Waals surface area contributed by atoms with Crippen LogP contribution in [0.4, 0.5) is 0 Å². The van der Waals surface area contributed by atoms with Crippen LogP contribution in [0.3, 0.4) is 0 Å². The molecule has 0 amide bonds. The highest BCUT2D eigenvalue weighted by molar-refractivity contribution is 4.71.